The number of imidazole rings is 1. The van der Waals surface area contributed by atoms with E-state index in [9.17, 15) is 9.18 Å². The third kappa shape index (κ3) is 5.43. The minimum absolute atomic E-state index is 0.0857. The fraction of sp³-hybridized carbons (Fsp3) is 0.474. The van der Waals surface area contributed by atoms with Crippen molar-refractivity contribution in [2.45, 2.75) is 25.9 Å². The van der Waals surface area contributed by atoms with Gasteiger partial charge in [-0.2, -0.15) is 0 Å². The standard InChI is InChI=1S/C19H27FN6O/c1-15(13-25-9-6-21-14-25)22-19(27)23-16-4-5-18(17(20)12-16)26-8-3-7-24(2)10-11-26/h4-6,9,12,14-15H,3,7-8,10-11,13H2,1-2H3,(H2,22,23,27)/t15-/m1/s1. The van der Waals surface area contributed by atoms with E-state index < -0.39 is 0 Å². The Bertz CT molecular complexity index is 751. The van der Waals surface area contributed by atoms with Gasteiger partial charge in [-0.05, 0) is 45.1 Å². The summed E-state index contributed by atoms with van der Waals surface area (Å²) in [5, 5.41) is 5.54. The molecule has 2 heterocycles. The predicted octanol–water partition coefficient (Wildman–Crippen LogP) is 2.37. The third-order valence-corrected chi connectivity index (χ3v) is 4.69. The van der Waals surface area contributed by atoms with E-state index in [1.807, 2.05) is 17.7 Å². The molecule has 8 heteroatoms. The van der Waals surface area contributed by atoms with Crippen molar-refractivity contribution in [3.63, 3.8) is 0 Å². The summed E-state index contributed by atoms with van der Waals surface area (Å²) in [6.07, 6.45) is 6.24. The van der Waals surface area contributed by atoms with E-state index in [1.54, 1.807) is 24.7 Å². The minimum Gasteiger partial charge on any atom is -0.368 e. The number of likely N-dealkylation sites (N-methyl/N-ethyl adjacent to an activating group) is 1. The molecule has 0 radical (unpaired) electrons. The van der Waals surface area contributed by atoms with Crippen molar-refractivity contribution >= 4 is 17.4 Å². The average molecular weight is 374 g/mol. The number of carbonyl (C=O) groups excluding carboxylic acids is 1. The normalized spacial score (nSPS) is 16.6. The lowest BCUT2D eigenvalue weighted by molar-refractivity contribution is 0.248. The lowest BCUT2D eigenvalue weighted by Crippen LogP contribution is -2.38. The highest BCUT2D eigenvalue weighted by Gasteiger charge is 2.16. The lowest BCUT2D eigenvalue weighted by atomic mass is 10.2. The number of carbonyl (C=O) groups is 1. The zero-order valence-corrected chi connectivity index (χ0v) is 15.9. The van der Waals surface area contributed by atoms with Crippen LogP contribution in [0.3, 0.4) is 0 Å². The summed E-state index contributed by atoms with van der Waals surface area (Å²) in [7, 11) is 2.08. The van der Waals surface area contributed by atoms with E-state index >= 15 is 0 Å². The highest BCUT2D eigenvalue weighted by atomic mass is 19.1. The first kappa shape index (κ1) is 19.2. The highest BCUT2D eigenvalue weighted by molar-refractivity contribution is 5.89. The molecule has 0 aliphatic carbocycles. The summed E-state index contributed by atoms with van der Waals surface area (Å²) in [5.41, 5.74) is 1.03. The summed E-state index contributed by atoms with van der Waals surface area (Å²) in [6.45, 7) is 6.09. The lowest BCUT2D eigenvalue weighted by Gasteiger charge is -2.23. The van der Waals surface area contributed by atoms with E-state index in [1.165, 1.54) is 6.07 Å². The molecule has 1 saturated heterocycles. The first-order chi connectivity index (χ1) is 13.0. The number of amides is 2. The largest absolute Gasteiger partial charge is 0.368 e. The summed E-state index contributed by atoms with van der Waals surface area (Å²) in [5.74, 6) is -0.316. The van der Waals surface area contributed by atoms with Crippen molar-refractivity contribution in [3.05, 3.63) is 42.7 Å². The Balaban J connectivity index is 1.56. The van der Waals surface area contributed by atoms with Crippen molar-refractivity contribution in [3.8, 4) is 0 Å². The number of urea groups is 1. The molecular weight excluding hydrogens is 347 g/mol. The van der Waals surface area contributed by atoms with Gasteiger partial charge >= 0.3 is 6.03 Å². The average Bonchev–Trinajstić information content (AvgIpc) is 3.01. The summed E-state index contributed by atoms with van der Waals surface area (Å²) in [6, 6.07) is 4.42. The van der Waals surface area contributed by atoms with Crippen LogP contribution in [0.25, 0.3) is 0 Å². The van der Waals surface area contributed by atoms with Crippen molar-refractivity contribution < 1.29 is 9.18 Å². The maximum Gasteiger partial charge on any atom is 0.319 e. The number of hydrogen-bond acceptors (Lipinski definition) is 4. The number of benzene rings is 1. The molecule has 1 aromatic carbocycles. The topological polar surface area (TPSA) is 65.4 Å². The van der Waals surface area contributed by atoms with Crippen molar-refractivity contribution in [2.75, 3.05) is 43.4 Å². The number of rotatable bonds is 5. The molecule has 1 aliphatic rings. The molecule has 2 N–H and O–H groups in total. The molecule has 1 aromatic heterocycles. The van der Waals surface area contributed by atoms with Gasteiger partial charge in [0.2, 0.25) is 0 Å². The van der Waals surface area contributed by atoms with E-state index in [0.717, 1.165) is 32.6 Å². The number of aromatic nitrogens is 2. The number of hydrogen-bond donors (Lipinski definition) is 2. The van der Waals surface area contributed by atoms with E-state index in [0.29, 0.717) is 17.9 Å². The second kappa shape index (κ2) is 8.85. The van der Waals surface area contributed by atoms with Crippen molar-refractivity contribution in [1.29, 1.82) is 0 Å². The molecule has 2 aromatic rings. The molecule has 7 nitrogen and oxygen atoms in total. The number of anilines is 2. The molecule has 1 fully saturated rings. The molecule has 146 valence electrons. The quantitative estimate of drug-likeness (QED) is 0.843. The van der Waals surface area contributed by atoms with Crippen LogP contribution < -0.4 is 15.5 Å². The van der Waals surface area contributed by atoms with Gasteiger partial charge in [0.05, 0.1) is 12.0 Å². The highest BCUT2D eigenvalue weighted by Crippen LogP contribution is 2.24. The van der Waals surface area contributed by atoms with Crippen LogP contribution in [0.15, 0.2) is 36.9 Å². The number of nitrogens with one attached hydrogen (secondary N) is 2. The Morgan fingerprint density at radius 1 is 1.30 bits per heavy atom. The number of halogens is 1. The maximum atomic E-state index is 14.6. The second-order valence-electron chi connectivity index (χ2n) is 7.07. The molecule has 3 rings (SSSR count). The van der Waals surface area contributed by atoms with Gasteiger partial charge in [-0.1, -0.05) is 0 Å². The molecule has 27 heavy (non-hydrogen) atoms. The summed E-state index contributed by atoms with van der Waals surface area (Å²) < 4.78 is 16.5. The smallest absolute Gasteiger partial charge is 0.319 e. The van der Waals surface area contributed by atoms with E-state index in [-0.39, 0.29) is 17.9 Å². The van der Waals surface area contributed by atoms with Crippen molar-refractivity contribution in [1.82, 2.24) is 19.8 Å². The van der Waals surface area contributed by atoms with Gasteiger partial charge in [0.25, 0.3) is 0 Å². The molecule has 1 atom stereocenters. The van der Waals surface area contributed by atoms with E-state index in [2.05, 4.69) is 32.5 Å². The van der Waals surface area contributed by atoms with Gasteiger partial charge in [0, 0.05) is 50.3 Å². The first-order valence-corrected chi connectivity index (χ1v) is 9.27. The van der Waals surface area contributed by atoms with Crippen LogP contribution in [-0.2, 0) is 6.54 Å². The van der Waals surface area contributed by atoms with Gasteiger partial charge in [-0.15, -0.1) is 0 Å². The number of nitrogens with zero attached hydrogens (tertiary/aromatic N) is 4. The summed E-state index contributed by atoms with van der Waals surface area (Å²) >= 11 is 0. The Kier molecular flexibility index (Phi) is 6.28. The molecule has 0 bridgehead atoms. The van der Waals surface area contributed by atoms with Crippen LogP contribution in [0, 0.1) is 5.82 Å². The van der Waals surface area contributed by atoms with Gasteiger partial charge in [0.1, 0.15) is 5.82 Å². The van der Waals surface area contributed by atoms with Crippen LogP contribution in [0.4, 0.5) is 20.6 Å². The first-order valence-electron chi connectivity index (χ1n) is 9.27. The van der Waals surface area contributed by atoms with E-state index in [4.69, 9.17) is 0 Å². The van der Waals surface area contributed by atoms with Gasteiger partial charge in [-0.3, -0.25) is 0 Å². The van der Waals surface area contributed by atoms with Crippen LogP contribution in [0.2, 0.25) is 0 Å². The molecule has 0 unspecified atom stereocenters. The zero-order valence-electron chi connectivity index (χ0n) is 15.9. The van der Waals surface area contributed by atoms with Crippen molar-refractivity contribution in [2.24, 2.45) is 0 Å². The summed E-state index contributed by atoms with van der Waals surface area (Å²) in [4.78, 5) is 20.4. The Hall–Kier alpha value is -2.61. The SMILES string of the molecule is C[C@H](Cn1ccnc1)NC(=O)Nc1ccc(N2CCCN(C)CC2)c(F)c1. The van der Waals surface area contributed by atoms with Gasteiger partial charge < -0.3 is 25.0 Å². The predicted molar refractivity (Wildman–Crippen MR) is 105 cm³/mol. The van der Waals surface area contributed by atoms with Gasteiger partial charge in [-0.25, -0.2) is 14.2 Å². The molecule has 0 saturated carbocycles. The molecule has 0 spiro atoms. The zero-order chi connectivity index (χ0) is 19.2. The molecule has 2 amide bonds. The van der Waals surface area contributed by atoms with Crippen LogP contribution >= 0.6 is 0 Å². The van der Waals surface area contributed by atoms with Gasteiger partial charge in [0.15, 0.2) is 0 Å². The monoisotopic (exact) mass is 374 g/mol. The van der Waals surface area contributed by atoms with Crippen LogP contribution in [0.1, 0.15) is 13.3 Å². The fourth-order valence-corrected chi connectivity index (χ4v) is 3.28. The maximum absolute atomic E-state index is 14.6. The third-order valence-electron chi connectivity index (χ3n) is 4.69. The van der Waals surface area contributed by atoms with Crippen LogP contribution in [-0.4, -0.2) is 59.8 Å². The fourth-order valence-electron chi connectivity index (χ4n) is 3.28. The minimum atomic E-state index is -0.355. The second-order valence-corrected chi connectivity index (χ2v) is 7.07. The Morgan fingerprint density at radius 2 is 2.15 bits per heavy atom. The molecule has 1 aliphatic heterocycles. The molecular formula is C19H27FN6O. The van der Waals surface area contributed by atoms with Crippen LogP contribution in [0.5, 0.6) is 0 Å². The Labute approximate surface area is 159 Å². The Morgan fingerprint density at radius 3 is 2.89 bits per heavy atom.